The molecule has 1 amide bonds. The van der Waals surface area contributed by atoms with Crippen LogP contribution in [0.4, 0.5) is 9.18 Å². The second kappa shape index (κ2) is 9.77. The van der Waals surface area contributed by atoms with Gasteiger partial charge in [0.25, 0.3) is 0 Å². The van der Waals surface area contributed by atoms with Crippen molar-refractivity contribution >= 4 is 6.09 Å². The van der Waals surface area contributed by atoms with Gasteiger partial charge in [-0.25, -0.2) is 32.7 Å². The summed E-state index contributed by atoms with van der Waals surface area (Å²) in [4.78, 5) is 52.7. The van der Waals surface area contributed by atoms with Gasteiger partial charge in [0, 0.05) is 0 Å². The molecule has 0 bridgehead atoms. The van der Waals surface area contributed by atoms with E-state index in [2.05, 4.69) is 5.32 Å². The summed E-state index contributed by atoms with van der Waals surface area (Å²) in [5, 5.41) is 2.64. The molecular weight excluding hydrogens is 447 g/mol. The second-order valence-corrected chi connectivity index (χ2v) is 8.37. The maximum atomic E-state index is 14.8. The molecule has 0 fully saturated rings. The van der Waals surface area contributed by atoms with E-state index in [9.17, 15) is 23.6 Å². The lowest BCUT2D eigenvalue weighted by atomic mass is 10.1. The minimum Gasteiger partial charge on any atom is -0.494 e. The monoisotopic (exact) mass is 472 g/mol. The number of amides is 1. The van der Waals surface area contributed by atoms with Gasteiger partial charge >= 0.3 is 23.2 Å². The molecule has 1 aromatic heterocycles. The summed E-state index contributed by atoms with van der Waals surface area (Å²) in [5.41, 5.74) is -3.82. The molecule has 10 nitrogen and oxygen atoms in total. The number of rotatable bonds is 6. The van der Waals surface area contributed by atoms with Gasteiger partial charge in [0.2, 0.25) is 0 Å². The Morgan fingerprint density at radius 2 is 1.74 bits per heavy atom. The SMILES string of the molecule is COc1cccc(-n2c(=O)[nH]c(=O)n(C[C@@H](NC(=O)OC(C)(C)C)c3ccccc3)c2=O)c1F. The van der Waals surface area contributed by atoms with E-state index in [1.165, 1.54) is 25.3 Å². The largest absolute Gasteiger partial charge is 0.494 e. The number of H-pyrrole nitrogens is 1. The van der Waals surface area contributed by atoms with Crippen LogP contribution in [-0.2, 0) is 11.3 Å². The molecule has 11 heteroatoms. The van der Waals surface area contributed by atoms with Gasteiger partial charge in [-0.2, -0.15) is 0 Å². The summed E-state index contributed by atoms with van der Waals surface area (Å²) in [6.45, 7) is 4.72. The zero-order chi connectivity index (χ0) is 25.0. The molecule has 0 saturated heterocycles. The molecule has 2 N–H and O–H groups in total. The summed E-state index contributed by atoms with van der Waals surface area (Å²) in [5.74, 6) is -1.13. The van der Waals surface area contributed by atoms with Crippen molar-refractivity contribution in [2.24, 2.45) is 0 Å². The van der Waals surface area contributed by atoms with E-state index >= 15 is 0 Å². The predicted molar refractivity (Wildman–Crippen MR) is 122 cm³/mol. The number of aromatic amines is 1. The first-order valence-electron chi connectivity index (χ1n) is 10.4. The van der Waals surface area contributed by atoms with Crippen LogP contribution in [0.1, 0.15) is 32.4 Å². The van der Waals surface area contributed by atoms with Gasteiger partial charge in [-0.05, 0) is 38.5 Å². The number of carbonyl (C=O) groups excluding carboxylic acids is 1. The van der Waals surface area contributed by atoms with Gasteiger partial charge in [0.15, 0.2) is 11.6 Å². The fourth-order valence-corrected chi connectivity index (χ4v) is 3.26. The zero-order valence-electron chi connectivity index (χ0n) is 19.1. The van der Waals surface area contributed by atoms with Gasteiger partial charge < -0.3 is 14.8 Å². The average Bonchev–Trinajstić information content (AvgIpc) is 2.76. The summed E-state index contributed by atoms with van der Waals surface area (Å²) in [7, 11) is 1.24. The Morgan fingerprint density at radius 1 is 1.06 bits per heavy atom. The van der Waals surface area contributed by atoms with E-state index in [4.69, 9.17) is 9.47 Å². The molecule has 0 aliphatic carbocycles. The molecule has 0 aliphatic heterocycles. The number of benzene rings is 2. The fraction of sp³-hybridized carbons (Fsp3) is 0.304. The smallest absolute Gasteiger partial charge is 0.408 e. The molecule has 34 heavy (non-hydrogen) atoms. The van der Waals surface area contributed by atoms with Gasteiger partial charge in [-0.3, -0.25) is 4.98 Å². The van der Waals surface area contributed by atoms with Crippen molar-refractivity contribution in [3.8, 4) is 11.4 Å². The molecule has 180 valence electrons. The number of alkyl carbamates (subject to hydrolysis) is 1. The molecule has 0 radical (unpaired) electrons. The first-order valence-corrected chi connectivity index (χ1v) is 10.4. The standard InChI is InChI=1S/C23H25FN4O6/c1-23(2,3)34-21(31)25-15(14-9-6-5-7-10-14)13-27-19(29)26-20(30)28(22(27)32)16-11-8-12-17(33-4)18(16)24/h5-12,15H,13H2,1-4H3,(H,25,31)(H,26,29,30)/t15-/m1/s1. The molecule has 1 atom stereocenters. The highest BCUT2D eigenvalue weighted by molar-refractivity contribution is 5.68. The Morgan fingerprint density at radius 3 is 2.35 bits per heavy atom. The van der Waals surface area contributed by atoms with Crippen molar-refractivity contribution in [1.82, 2.24) is 19.4 Å². The van der Waals surface area contributed by atoms with Crippen LogP contribution in [-0.4, -0.2) is 32.9 Å². The molecule has 0 unspecified atom stereocenters. The maximum absolute atomic E-state index is 14.8. The quantitative estimate of drug-likeness (QED) is 0.566. The third-order valence-corrected chi connectivity index (χ3v) is 4.75. The van der Waals surface area contributed by atoms with Crippen molar-refractivity contribution in [2.45, 2.75) is 39.0 Å². The minimum atomic E-state index is -1.12. The van der Waals surface area contributed by atoms with E-state index < -0.39 is 46.3 Å². The number of hydrogen-bond donors (Lipinski definition) is 2. The van der Waals surface area contributed by atoms with Crippen LogP contribution in [0.3, 0.4) is 0 Å². The second-order valence-electron chi connectivity index (χ2n) is 8.37. The van der Waals surface area contributed by atoms with Crippen LogP contribution in [0.25, 0.3) is 5.69 Å². The predicted octanol–water partition coefficient (Wildman–Crippen LogP) is 2.10. The molecule has 0 spiro atoms. The van der Waals surface area contributed by atoms with Crippen LogP contribution in [0, 0.1) is 5.82 Å². The summed E-state index contributed by atoms with van der Waals surface area (Å²) in [6.07, 6.45) is -0.766. The Kier molecular flexibility index (Phi) is 7.04. The number of ether oxygens (including phenoxy) is 2. The number of carbonyl (C=O) groups is 1. The van der Waals surface area contributed by atoms with E-state index in [1.807, 2.05) is 4.98 Å². The van der Waals surface area contributed by atoms with Crippen LogP contribution in [0.5, 0.6) is 5.75 Å². The van der Waals surface area contributed by atoms with Crippen molar-refractivity contribution in [2.75, 3.05) is 7.11 Å². The van der Waals surface area contributed by atoms with Crippen molar-refractivity contribution in [3.05, 3.63) is 91.4 Å². The first kappa shape index (κ1) is 24.5. The Hall–Kier alpha value is -4.15. The van der Waals surface area contributed by atoms with Crippen LogP contribution in [0.15, 0.2) is 62.9 Å². The van der Waals surface area contributed by atoms with E-state index in [1.54, 1.807) is 51.1 Å². The number of halogens is 1. The number of aromatic nitrogens is 3. The fourth-order valence-electron chi connectivity index (χ4n) is 3.26. The molecule has 3 rings (SSSR count). The Balaban J connectivity index is 2.10. The lowest BCUT2D eigenvalue weighted by Crippen LogP contribution is -2.50. The molecule has 1 heterocycles. The van der Waals surface area contributed by atoms with Crippen LogP contribution >= 0.6 is 0 Å². The first-order chi connectivity index (χ1) is 16.0. The van der Waals surface area contributed by atoms with Gasteiger partial charge in [0.1, 0.15) is 5.60 Å². The highest BCUT2D eigenvalue weighted by Crippen LogP contribution is 2.21. The number of methoxy groups -OCH3 is 1. The number of nitrogens with one attached hydrogen (secondary N) is 2. The number of hydrogen-bond acceptors (Lipinski definition) is 6. The average molecular weight is 472 g/mol. The van der Waals surface area contributed by atoms with Crippen LogP contribution in [0.2, 0.25) is 0 Å². The topological polar surface area (TPSA) is 124 Å². The Labute approximate surface area is 193 Å². The van der Waals surface area contributed by atoms with Gasteiger partial charge in [-0.15, -0.1) is 0 Å². The van der Waals surface area contributed by atoms with Gasteiger partial charge in [0.05, 0.1) is 25.4 Å². The maximum Gasteiger partial charge on any atom is 0.408 e. The highest BCUT2D eigenvalue weighted by atomic mass is 19.1. The van der Waals surface area contributed by atoms with E-state index in [0.717, 1.165) is 0 Å². The van der Waals surface area contributed by atoms with Crippen molar-refractivity contribution < 1.29 is 18.7 Å². The normalized spacial score (nSPS) is 12.1. The zero-order valence-corrected chi connectivity index (χ0v) is 19.1. The number of nitrogens with zero attached hydrogens (tertiary/aromatic N) is 2. The summed E-state index contributed by atoms with van der Waals surface area (Å²) >= 11 is 0. The molecule has 2 aromatic carbocycles. The molecule has 0 saturated carbocycles. The third kappa shape index (κ3) is 5.42. The van der Waals surface area contributed by atoms with Gasteiger partial charge in [-0.1, -0.05) is 36.4 Å². The lowest BCUT2D eigenvalue weighted by molar-refractivity contribution is 0.0497. The Bertz CT molecular complexity index is 1350. The van der Waals surface area contributed by atoms with E-state index in [0.29, 0.717) is 14.7 Å². The third-order valence-electron chi connectivity index (χ3n) is 4.75. The summed E-state index contributed by atoms with van der Waals surface area (Å²) in [6, 6.07) is 11.6. The molecule has 3 aromatic rings. The highest BCUT2D eigenvalue weighted by Gasteiger charge is 2.24. The van der Waals surface area contributed by atoms with Crippen molar-refractivity contribution in [3.63, 3.8) is 0 Å². The molecular formula is C23H25FN4O6. The van der Waals surface area contributed by atoms with E-state index in [-0.39, 0.29) is 12.3 Å². The van der Waals surface area contributed by atoms with Crippen LogP contribution < -0.4 is 27.1 Å². The summed E-state index contributed by atoms with van der Waals surface area (Å²) < 4.78 is 26.2. The lowest BCUT2D eigenvalue weighted by Gasteiger charge is -2.24. The molecule has 0 aliphatic rings. The van der Waals surface area contributed by atoms with Crippen molar-refractivity contribution in [1.29, 1.82) is 0 Å². The minimum absolute atomic E-state index is 0.185.